The van der Waals surface area contributed by atoms with Gasteiger partial charge in [0, 0.05) is 5.02 Å². The SMILES string of the molecule is Cc1ccc(OCc2n[nH]c(=S)n2/N=C\c2cccc(Cl)c2)c(C)c1. The lowest BCUT2D eigenvalue weighted by molar-refractivity contribution is 0.288. The van der Waals surface area contributed by atoms with Crippen LogP contribution in [0.15, 0.2) is 47.6 Å². The Morgan fingerprint density at radius 1 is 1.28 bits per heavy atom. The molecule has 0 fully saturated rings. The van der Waals surface area contributed by atoms with Crippen molar-refractivity contribution in [3.8, 4) is 5.75 Å². The van der Waals surface area contributed by atoms with Gasteiger partial charge in [-0.15, -0.1) is 0 Å². The van der Waals surface area contributed by atoms with Gasteiger partial charge in [-0.1, -0.05) is 41.4 Å². The predicted octanol–water partition coefficient (Wildman–Crippen LogP) is 4.67. The number of hydrogen-bond donors (Lipinski definition) is 1. The predicted molar refractivity (Wildman–Crippen MR) is 102 cm³/mol. The number of H-pyrrole nitrogens is 1. The lowest BCUT2D eigenvalue weighted by atomic mass is 10.1. The van der Waals surface area contributed by atoms with Crippen molar-refractivity contribution in [2.45, 2.75) is 20.5 Å². The average molecular weight is 373 g/mol. The molecule has 1 heterocycles. The van der Waals surface area contributed by atoms with Crippen molar-refractivity contribution in [2.24, 2.45) is 5.10 Å². The number of aryl methyl sites for hydroxylation is 2. The number of aromatic nitrogens is 3. The van der Waals surface area contributed by atoms with Crippen LogP contribution >= 0.6 is 23.8 Å². The molecule has 128 valence electrons. The molecule has 3 aromatic rings. The fourth-order valence-corrected chi connectivity index (χ4v) is 2.75. The van der Waals surface area contributed by atoms with E-state index in [0.29, 0.717) is 15.6 Å². The minimum Gasteiger partial charge on any atom is -0.485 e. The van der Waals surface area contributed by atoms with Crippen LogP contribution in [0.3, 0.4) is 0 Å². The smallest absolute Gasteiger partial charge is 0.216 e. The molecule has 0 saturated heterocycles. The Kier molecular flexibility index (Phi) is 5.31. The van der Waals surface area contributed by atoms with E-state index in [9.17, 15) is 0 Å². The number of nitrogens with one attached hydrogen (secondary N) is 1. The number of ether oxygens (including phenoxy) is 1. The monoisotopic (exact) mass is 372 g/mol. The van der Waals surface area contributed by atoms with E-state index in [1.165, 1.54) is 5.56 Å². The summed E-state index contributed by atoms with van der Waals surface area (Å²) in [4.78, 5) is 0. The Morgan fingerprint density at radius 3 is 2.88 bits per heavy atom. The summed E-state index contributed by atoms with van der Waals surface area (Å²) in [6.07, 6.45) is 1.68. The lowest BCUT2D eigenvalue weighted by Gasteiger charge is -2.09. The number of aromatic amines is 1. The van der Waals surface area contributed by atoms with Crippen LogP contribution in [0.2, 0.25) is 5.02 Å². The van der Waals surface area contributed by atoms with Gasteiger partial charge < -0.3 is 4.74 Å². The molecule has 0 unspecified atom stereocenters. The number of halogens is 1. The highest BCUT2D eigenvalue weighted by atomic mass is 35.5. The van der Waals surface area contributed by atoms with Crippen molar-refractivity contribution in [2.75, 3.05) is 0 Å². The van der Waals surface area contributed by atoms with E-state index >= 15 is 0 Å². The number of hydrogen-bond acceptors (Lipinski definition) is 4. The molecule has 0 radical (unpaired) electrons. The largest absolute Gasteiger partial charge is 0.485 e. The van der Waals surface area contributed by atoms with Crippen molar-refractivity contribution < 1.29 is 4.74 Å². The van der Waals surface area contributed by atoms with Gasteiger partial charge >= 0.3 is 0 Å². The number of nitrogens with zero attached hydrogens (tertiary/aromatic N) is 3. The maximum atomic E-state index is 5.98. The highest BCUT2D eigenvalue weighted by Gasteiger charge is 2.07. The van der Waals surface area contributed by atoms with E-state index in [1.54, 1.807) is 10.9 Å². The summed E-state index contributed by atoms with van der Waals surface area (Å²) >= 11 is 11.2. The lowest BCUT2D eigenvalue weighted by Crippen LogP contribution is -2.05. The molecule has 1 aromatic heterocycles. The third-order valence-corrected chi connectivity index (χ3v) is 4.07. The van der Waals surface area contributed by atoms with E-state index in [4.69, 9.17) is 28.6 Å². The molecule has 0 atom stereocenters. The van der Waals surface area contributed by atoms with Crippen molar-refractivity contribution >= 4 is 30.0 Å². The minimum absolute atomic E-state index is 0.254. The van der Waals surface area contributed by atoms with E-state index in [2.05, 4.69) is 21.4 Å². The normalized spacial score (nSPS) is 11.2. The second-order valence-corrected chi connectivity index (χ2v) is 6.44. The summed E-state index contributed by atoms with van der Waals surface area (Å²) in [6.45, 7) is 4.31. The molecular formula is C18H17ClN4OS. The summed E-state index contributed by atoms with van der Waals surface area (Å²) in [5.74, 6) is 1.40. The zero-order valence-corrected chi connectivity index (χ0v) is 15.4. The van der Waals surface area contributed by atoms with Crippen molar-refractivity contribution in [3.63, 3.8) is 0 Å². The molecule has 0 saturated carbocycles. The molecule has 0 aliphatic rings. The minimum atomic E-state index is 0.254. The average Bonchev–Trinajstić information content (AvgIpc) is 2.92. The van der Waals surface area contributed by atoms with Gasteiger partial charge in [-0.2, -0.15) is 14.9 Å². The molecule has 3 rings (SSSR count). The van der Waals surface area contributed by atoms with E-state index < -0.39 is 0 Å². The first kappa shape index (κ1) is 17.4. The summed E-state index contributed by atoms with van der Waals surface area (Å²) in [7, 11) is 0. The highest BCUT2D eigenvalue weighted by Crippen LogP contribution is 2.19. The molecule has 1 N–H and O–H groups in total. The van der Waals surface area contributed by atoms with Gasteiger partial charge in [-0.05, 0) is 55.4 Å². The fourth-order valence-electron chi connectivity index (χ4n) is 2.35. The topological polar surface area (TPSA) is 55.2 Å². The van der Waals surface area contributed by atoms with E-state index in [0.717, 1.165) is 16.9 Å². The zero-order valence-electron chi connectivity index (χ0n) is 13.9. The fraction of sp³-hybridized carbons (Fsp3) is 0.167. The first-order chi connectivity index (χ1) is 12.0. The van der Waals surface area contributed by atoms with Crippen LogP contribution in [0.25, 0.3) is 0 Å². The Bertz CT molecular complexity index is 977. The van der Waals surface area contributed by atoms with Gasteiger partial charge in [-0.3, -0.25) is 0 Å². The molecule has 0 amide bonds. The summed E-state index contributed by atoms with van der Waals surface area (Å²) < 4.78 is 7.80. The van der Waals surface area contributed by atoms with Gasteiger partial charge in [-0.25, -0.2) is 5.10 Å². The molecule has 7 heteroatoms. The quantitative estimate of drug-likeness (QED) is 0.523. The molecule has 0 aliphatic carbocycles. The highest BCUT2D eigenvalue weighted by molar-refractivity contribution is 7.71. The van der Waals surface area contributed by atoms with Crippen LogP contribution < -0.4 is 4.74 Å². The number of benzene rings is 2. The molecule has 0 aliphatic heterocycles. The summed E-state index contributed by atoms with van der Waals surface area (Å²) in [5.41, 5.74) is 3.14. The maximum Gasteiger partial charge on any atom is 0.216 e. The summed E-state index contributed by atoms with van der Waals surface area (Å²) in [6, 6.07) is 13.4. The summed E-state index contributed by atoms with van der Waals surface area (Å²) in [5, 5.41) is 12.0. The molecule has 2 aromatic carbocycles. The van der Waals surface area contributed by atoms with Crippen LogP contribution in [0.4, 0.5) is 0 Å². The number of rotatable bonds is 5. The molecular weight excluding hydrogens is 356 g/mol. The Labute approximate surface area is 155 Å². The van der Waals surface area contributed by atoms with Gasteiger partial charge in [0.2, 0.25) is 4.77 Å². The van der Waals surface area contributed by atoms with Crippen molar-refractivity contribution in [1.29, 1.82) is 0 Å². The zero-order chi connectivity index (χ0) is 17.8. The van der Waals surface area contributed by atoms with Crippen molar-refractivity contribution in [1.82, 2.24) is 14.9 Å². The first-order valence-corrected chi connectivity index (χ1v) is 8.48. The molecule has 0 spiro atoms. The second kappa shape index (κ2) is 7.63. The van der Waals surface area contributed by atoms with E-state index in [1.807, 2.05) is 50.2 Å². The molecule has 25 heavy (non-hydrogen) atoms. The van der Waals surface area contributed by atoms with Gasteiger partial charge in [0.05, 0.1) is 6.21 Å². The van der Waals surface area contributed by atoms with Crippen LogP contribution in [-0.2, 0) is 6.61 Å². The third kappa shape index (κ3) is 4.35. The maximum absolute atomic E-state index is 5.98. The van der Waals surface area contributed by atoms with Crippen LogP contribution in [0.5, 0.6) is 5.75 Å². The van der Waals surface area contributed by atoms with Gasteiger partial charge in [0.1, 0.15) is 12.4 Å². The van der Waals surface area contributed by atoms with Gasteiger partial charge in [0.25, 0.3) is 0 Å². The third-order valence-electron chi connectivity index (χ3n) is 3.58. The van der Waals surface area contributed by atoms with Crippen LogP contribution in [0, 0.1) is 18.6 Å². The Balaban J connectivity index is 1.78. The van der Waals surface area contributed by atoms with Gasteiger partial charge in [0.15, 0.2) is 5.82 Å². The van der Waals surface area contributed by atoms with Crippen LogP contribution in [0.1, 0.15) is 22.5 Å². The van der Waals surface area contributed by atoms with Crippen molar-refractivity contribution in [3.05, 3.63) is 74.8 Å². The molecule has 0 bridgehead atoms. The first-order valence-electron chi connectivity index (χ1n) is 7.69. The second-order valence-electron chi connectivity index (χ2n) is 5.61. The van der Waals surface area contributed by atoms with Crippen LogP contribution in [-0.4, -0.2) is 21.1 Å². The Morgan fingerprint density at radius 2 is 2.12 bits per heavy atom. The van der Waals surface area contributed by atoms with E-state index in [-0.39, 0.29) is 6.61 Å². The Hall–Kier alpha value is -2.44. The molecule has 5 nitrogen and oxygen atoms in total. The standard InChI is InChI=1S/C18H17ClN4OS/c1-12-6-7-16(13(2)8-12)24-11-17-21-22-18(25)23(17)20-10-14-4-3-5-15(19)9-14/h3-10H,11H2,1-2H3,(H,22,25)/b20-10-.